The van der Waals surface area contributed by atoms with E-state index in [-0.39, 0.29) is 39.8 Å². The molecule has 4 aromatic rings. The lowest BCUT2D eigenvalue weighted by Gasteiger charge is -2.07. The van der Waals surface area contributed by atoms with Crippen molar-refractivity contribution in [2.45, 2.75) is 13.1 Å². The Labute approximate surface area is 153 Å². The number of alkyl halides is 3. The molecule has 0 fully saturated rings. The molecule has 0 amide bonds. The van der Waals surface area contributed by atoms with Crippen LogP contribution in [0.25, 0.3) is 28.2 Å². The summed E-state index contributed by atoms with van der Waals surface area (Å²) in [6.07, 6.45) is -4.79. The summed E-state index contributed by atoms with van der Waals surface area (Å²) >= 11 is 0. The number of H-pyrrole nitrogens is 1. The molecule has 1 aromatic carbocycles. The largest absolute Gasteiger partial charge is 0.435 e. The van der Waals surface area contributed by atoms with E-state index in [2.05, 4.69) is 20.3 Å². The van der Waals surface area contributed by atoms with Gasteiger partial charge in [-0.15, -0.1) is 5.10 Å². The van der Waals surface area contributed by atoms with Crippen LogP contribution in [0.2, 0.25) is 0 Å². The van der Waals surface area contributed by atoms with Gasteiger partial charge in [-0.05, 0) is 12.5 Å². The van der Waals surface area contributed by atoms with Crippen LogP contribution in [0.4, 0.5) is 13.2 Å². The third-order valence-corrected chi connectivity index (χ3v) is 4.04. The first kappa shape index (κ1) is 17.5. The predicted octanol–water partition coefficient (Wildman–Crippen LogP) is 2.94. The Bertz CT molecular complexity index is 1290. The van der Waals surface area contributed by atoms with Crippen molar-refractivity contribution >= 4 is 5.65 Å². The minimum atomic E-state index is -4.79. The molecule has 0 saturated heterocycles. The lowest BCUT2D eigenvalue weighted by atomic mass is 10.1. The highest BCUT2D eigenvalue weighted by molar-refractivity contribution is 5.81. The van der Waals surface area contributed by atoms with E-state index >= 15 is 0 Å². The highest BCUT2D eigenvalue weighted by Crippen LogP contribution is 2.38. The molecule has 0 aliphatic carbocycles. The number of benzene rings is 1. The number of fused-ring (bicyclic) bond motifs is 1. The predicted molar refractivity (Wildman–Crippen MR) is 89.0 cm³/mol. The van der Waals surface area contributed by atoms with E-state index in [1.54, 1.807) is 24.3 Å². The molecule has 0 unspecified atom stereocenters. The lowest BCUT2D eigenvalue weighted by Crippen LogP contribution is -2.20. The zero-order valence-electron chi connectivity index (χ0n) is 14.1. The van der Waals surface area contributed by atoms with Crippen molar-refractivity contribution in [1.82, 2.24) is 24.8 Å². The van der Waals surface area contributed by atoms with Gasteiger partial charge in [-0.2, -0.15) is 28.0 Å². The van der Waals surface area contributed by atoms with Crippen LogP contribution < -0.4 is 5.56 Å². The molecule has 11 heteroatoms. The second kappa shape index (κ2) is 6.05. The van der Waals surface area contributed by atoms with Crippen LogP contribution in [-0.2, 0) is 6.18 Å². The van der Waals surface area contributed by atoms with Gasteiger partial charge in [0, 0.05) is 5.69 Å². The molecule has 0 saturated carbocycles. The number of aryl methyl sites for hydroxylation is 1. The number of nitrogens with zero attached hydrogens (tertiary/aromatic N) is 5. The molecule has 140 valence electrons. The fraction of sp³-hybridized carbons (Fsp3) is 0.118. The average Bonchev–Trinajstić information content (AvgIpc) is 3.27. The number of aromatic amines is 1. The molecule has 3 heterocycles. The number of nitriles is 1. The van der Waals surface area contributed by atoms with Crippen molar-refractivity contribution in [2.75, 3.05) is 0 Å². The van der Waals surface area contributed by atoms with Crippen LogP contribution in [0.1, 0.15) is 17.3 Å². The molecule has 0 aliphatic rings. The van der Waals surface area contributed by atoms with E-state index < -0.39 is 17.4 Å². The Morgan fingerprint density at radius 3 is 2.50 bits per heavy atom. The molecule has 4 rings (SSSR count). The number of hydrogen-bond donors (Lipinski definition) is 1. The van der Waals surface area contributed by atoms with Crippen molar-refractivity contribution in [3.63, 3.8) is 0 Å². The van der Waals surface area contributed by atoms with Gasteiger partial charge in [0.05, 0.1) is 5.56 Å². The number of hydrogen-bond acceptors (Lipinski definition) is 6. The molecular weight excluding hydrogens is 377 g/mol. The van der Waals surface area contributed by atoms with E-state index in [1.165, 1.54) is 19.1 Å². The Balaban J connectivity index is 2.08. The Hall–Kier alpha value is -3.94. The minimum Gasteiger partial charge on any atom is -0.408 e. The fourth-order valence-electron chi connectivity index (χ4n) is 2.88. The molecule has 28 heavy (non-hydrogen) atoms. The molecule has 1 N–H and O–H groups in total. The Morgan fingerprint density at radius 2 is 1.89 bits per heavy atom. The summed E-state index contributed by atoms with van der Waals surface area (Å²) in [6, 6.07) is 9.44. The van der Waals surface area contributed by atoms with Crippen LogP contribution in [0.15, 0.2) is 39.5 Å². The minimum absolute atomic E-state index is 0.121. The van der Waals surface area contributed by atoms with Crippen molar-refractivity contribution < 1.29 is 17.6 Å². The van der Waals surface area contributed by atoms with Gasteiger partial charge < -0.3 is 9.40 Å². The van der Waals surface area contributed by atoms with E-state index in [9.17, 15) is 18.0 Å². The Morgan fingerprint density at radius 1 is 1.18 bits per heavy atom. The Kier molecular flexibility index (Phi) is 3.78. The summed E-state index contributed by atoms with van der Waals surface area (Å²) in [5.74, 6) is -0.669. The number of nitrogens with one attached hydrogen (secondary N) is 1. The highest BCUT2D eigenvalue weighted by atomic mass is 19.4. The van der Waals surface area contributed by atoms with Gasteiger partial charge in [-0.3, -0.25) is 4.79 Å². The smallest absolute Gasteiger partial charge is 0.408 e. The van der Waals surface area contributed by atoms with Gasteiger partial charge in [0.25, 0.3) is 11.4 Å². The normalized spacial score (nSPS) is 11.7. The fourth-order valence-corrected chi connectivity index (χ4v) is 2.88. The summed E-state index contributed by atoms with van der Waals surface area (Å²) in [5, 5.41) is 19.3. The van der Waals surface area contributed by atoms with E-state index in [1.807, 2.05) is 0 Å². The maximum atomic E-state index is 13.6. The summed E-state index contributed by atoms with van der Waals surface area (Å²) in [5.41, 5.74) is -2.18. The van der Waals surface area contributed by atoms with Gasteiger partial charge in [0.1, 0.15) is 11.2 Å². The first-order valence-electron chi connectivity index (χ1n) is 7.83. The molecule has 0 atom stereocenters. The molecular formula is C17H9F3N6O2. The number of halogens is 3. The number of aromatic nitrogens is 5. The van der Waals surface area contributed by atoms with Crippen LogP contribution in [0.5, 0.6) is 0 Å². The van der Waals surface area contributed by atoms with Crippen molar-refractivity contribution in [2.24, 2.45) is 0 Å². The monoisotopic (exact) mass is 386 g/mol. The maximum Gasteiger partial charge on any atom is 0.435 e. The van der Waals surface area contributed by atoms with Gasteiger partial charge >= 0.3 is 12.1 Å². The molecule has 0 spiro atoms. The standard InChI is InChI=1S/C17H9F3N6O2/c1-8-11(15-24-23-10(7-21)28-15)16(27)26-14(22-8)12(9-5-3-2-4-6-9)13(25-26)17(18,19)20/h2-6,22H,1H3. The highest BCUT2D eigenvalue weighted by Gasteiger charge is 2.39. The third kappa shape index (κ3) is 2.62. The van der Waals surface area contributed by atoms with Crippen molar-refractivity contribution in [3.8, 4) is 28.7 Å². The van der Waals surface area contributed by atoms with Crippen LogP contribution in [-0.4, -0.2) is 24.8 Å². The zero-order valence-corrected chi connectivity index (χ0v) is 14.1. The van der Waals surface area contributed by atoms with Gasteiger partial charge in [-0.1, -0.05) is 35.4 Å². The van der Waals surface area contributed by atoms with E-state index in [0.717, 1.165) is 0 Å². The summed E-state index contributed by atoms with van der Waals surface area (Å²) in [7, 11) is 0. The molecule has 0 aliphatic heterocycles. The van der Waals surface area contributed by atoms with Gasteiger partial charge in [0.2, 0.25) is 0 Å². The summed E-state index contributed by atoms with van der Waals surface area (Å²) in [4.78, 5) is 15.6. The quantitative estimate of drug-likeness (QED) is 0.567. The zero-order chi connectivity index (χ0) is 20.1. The van der Waals surface area contributed by atoms with Gasteiger partial charge in [0.15, 0.2) is 11.8 Å². The topological polar surface area (TPSA) is 113 Å². The molecule has 0 radical (unpaired) electrons. The molecule has 3 aromatic heterocycles. The summed E-state index contributed by atoms with van der Waals surface area (Å²) < 4.78 is 46.5. The first-order valence-corrected chi connectivity index (χ1v) is 7.83. The molecule has 8 nitrogen and oxygen atoms in total. The SMILES string of the molecule is Cc1[nH]c2c(-c3ccccc3)c(C(F)(F)F)nn2c(=O)c1-c1nnc(C#N)o1. The third-order valence-electron chi connectivity index (χ3n) is 4.04. The molecule has 0 bridgehead atoms. The lowest BCUT2D eigenvalue weighted by molar-refractivity contribution is -0.140. The van der Waals surface area contributed by atoms with Crippen LogP contribution in [0, 0.1) is 18.3 Å². The maximum absolute atomic E-state index is 13.6. The van der Waals surface area contributed by atoms with Crippen LogP contribution >= 0.6 is 0 Å². The average molecular weight is 386 g/mol. The summed E-state index contributed by atoms with van der Waals surface area (Å²) in [6.45, 7) is 1.47. The second-order valence-electron chi connectivity index (χ2n) is 5.80. The van der Waals surface area contributed by atoms with Crippen molar-refractivity contribution in [1.29, 1.82) is 5.26 Å². The second-order valence-corrected chi connectivity index (χ2v) is 5.80. The van der Waals surface area contributed by atoms with Crippen LogP contribution in [0.3, 0.4) is 0 Å². The van der Waals surface area contributed by atoms with E-state index in [4.69, 9.17) is 9.68 Å². The first-order chi connectivity index (χ1) is 13.3. The van der Waals surface area contributed by atoms with E-state index in [0.29, 0.717) is 4.52 Å². The number of rotatable bonds is 2. The van der Waals surface area contributed by atoms with Gasteiger partial charge in [-0.25, -0.2) is 0 Å². The van der Waals surface area contributed by atoms with Crippen molar-refractivity contribution in [3.05, 3.63) is 58.0 Å².